The number of nitro groups is 1. The molecule has 2 aromatic carbocycles. The first kappa shape index (κ1) is 20.6. The summed E-state index contributed by atoms with van der Waals surface area (Å²) in [4.78, 5) is 25.8. The van der Waals surface area contributed by atoms with Crippen molar-refractivity contribution in [2.75, 3.05) is 43.6 Å². The summed E-state index contributed by atoms with van der Waals surface area (Å²) in [6.07, 6.45) is 2.35. The molecule has 0 unspecified atom stereocenters. The van der Waals surface area contributed by atoms with Crippen molar-refractivity contribution in [1.82, 2.24) is 5.32 Å². The van der Waals surface area contributed by atoms with E-state index < -0.39 is 4.92 Å². The molecule has 1 aliphatic rings. The highest BCUT2D eigenvalue weighted by atomic mass is 16.6. The van der Waals surface area contributed by atoms with Crippen molar-refractivity contribution in [3.63, 3.8) is 0 Å². The summed E-state index contributed by atoms with van der Waals surface area (Å²) in [7, 11) is 1.56. The van der Waals surface area contributed by atoms with Crippen molar-refractivity contribution < 1.29 is 14.5 Å². The molecule has 1 amide bonds. The van der Waals surface area contributed by atoms with Gasteiger partial charge in [-0.2, -0.15) is 0 Å². The summed E-state index contributed by atoms with van der Waals surface area (Å²) in [5, 5.41) is 17.2. The van der Waals surface area contributed by atoms with E-state index in [9.17, 15) is 14.9 Å². The third-order valence-corrected chi connectivity index (χ3v) is 4.96. The Balaban J connectivity index is 1.69. The average molecular weight is 398 g/mol. The summed E-state index contributed by atoms with van der Waals surface area (Å²) >= 11 is 0. The largest absolute Gasteiger partial charge is 0.383 e. The first-order chi connectivity index (χ1) is 14.1. The zero-order valence-electron chi connectivity index (χ0n) is 16.5. The van der Waals surface area contributed by atoms with Gasteiger partial charge in [0.25, 0.3) is 11.6 Å². The first-order valence-corrected chi connectivity index (χ1v) is 9.72. The lowest BCUT2D eigenvalue weighted by atomic mass is 10.1. The van der Waals surface area contributed by atoms with Crippen LogP contribution in [0.5, 0.6) is 0 Å². The summed E-state index contributed by atoms with van der Waals surface area (Å²) in [5.41, 5.74) is 2.66. The minimum atomic E-state index is -0.491. The molecule has 29 heavy (non-hydrogen) atoms. The van der Waals surface area contributed by atoms with Gasteiger partial charge in [0.1, 0.15) is 5.69 Å². The second kappa shape index (κ2) is 9.88. The van der Waals surface area contributed by atoms with E-state index in [1.165, 1.54) is 18.9 Å². The SMILES string of the molecule is COCCNc1ccc(C(=O)NCc2ccccc2N2CCCC2)cc1[N+](=O)[O-]. The van der Waals surface area contributed by atoms with Gasteiger partial charge in [-0.3, -0.25) is 14.9 Å². The van der Waals surface area contributed by atoms with Gasteiger partial charge in [0.15, 0.2) is 0 Å². The number of methoxy groups -OCH3 is 1. The Kier molecular flexibility index (Phi) is 7.02. The number of carbonyl (C=O) groups excluding carboxylic acids is 1. The summed E-state index contributed by atoms with van der Waals surface area (Å²) in [5.74, 6) is -0.340. The van der Waals surface area contributed by atoms with Gasteiger partial charge in [0.05, 0.1) is 11.5 Å². The van der Waals surface area contributed by atoms with Crippen LogP contribution in [0.3, 0.4) is 0 Å². The minimum Gasteiger partial charge on any atom is -0.383 e. The van der Waals surface area contributed by atoms with Crippen LogP contribution in [0.4, 0.5) is 17.1 Å². The molecule has 0 aliphatic carbocycles. The number of ether oxygens (including phenoxy) is 1. The topological polar surface area (TPSA) is 96.7 Å². The molecular formula is C21H26N4O4. The highest BCUT2D eigenvalue weighted by molar-refractivity contribution is 5.95. The maximum Gasteiger partial charge on any atom is 0.293 e. The zero-order valence-corrected chi connectivity index (χ0v) is 16.5. The highest BCUT2D eigenvalue weighted by Gasteiger charge is 2.19. The van der Waals surface area contributed by atoms with Crippen LogP contribution in [-0.2, 0) is 11.3 Å². The fourth-order valence-electron chi connectivity index (χ4n) is 3.47. The van der Waals surface area contributed by atoms with Gasteiger partial charge < -0.3 is 20.3 Å². The van der Waals surface area contributed by atoms with Crippen molar-refractivity contribution in [3.8, 4) is 0 Å². The van der Waals surface area contributed by atoms with E-state index in [0.717, 1.165) is 24.3 Å². The smallest absolute Gasteiger partial charge is 0.293 e. The molecule has 8 heteroatoms. The van der Waals surface area contributed by atoms with Gasteiger partial charge in [-0.05, 0) is 36.6 Å². The number of nitrogens with zero attached hydrogens (tertiary/aromatic N) is 2. The maximum absolute atomic E-state index is 12.6. The van der Waals surface area contributed by atoms with E-state index in [4.69, 9.17) is 4.74 Å². The summed E-state index contributed by atoms with van der Waals surface area (Å²) in [6, 6.07) is 12.5. The standard InChI is InChI=1S/C21H26N4O4/c1-29-13-10-22-18-9-8-16(14-20(18)25(27)28)21(26)23-15-17-6-2-3-7-19(17)24-11-4-5-12-24/h2-3,6-9,14,22H,4-5,10-13,15H2,1H3,(H,23,26). The highest BCUT2D eigenvalue weighted by Crippen LogP contribution is 2.26. The number of carbonyl (C=O) groups is 1. The second-order valence-electron chi connectivity index (χ2n) is 6.91. The Morgan fingerprint density at radius 1 is 1.21 bits per heavy atom. The lowest BCUT2D eigenvalue weighted by Crippen LogP contribution is -2.25. The quantitative estimate of drug-likeness (QED) is 0.383. The van der Waals surface area contributed by atoms with Crippen LogP contribution in [0.15, 0.2) is 42.5 Å². The Bertz CT molecular complexity index is 866. The molecule has 1 saturated heterocycles. The van der Waals surface area contributed by atoms with E-state index in [0.29, 0.717) is 25.4 Å². The number of para-hydroxylation sites is 1. The molecule has 8 nitrogen and oxygen atoms in total. The summed E-state index contributed by atoms with van der Waals surface area (Å²) < 4.78 is 4.95. The fraction of sp³-hybridized carbons (Fsp3) is 0.381. The number of hydrogen-bond acceptors (Lipinski definition) is 6. The molecule has 0 bridgehead atoms. The number of hydrogen-bond donors (Lipinski definition) is 2. The molecule has 1 fully saturated rings. The van der Waals surface area contributed by atoms with Gasteiger partial charge in [-0.1, -0.05) is 18.2 Å². The molecule has 3 rings (SSSR count). The number of nitrogens with one attached hydrogen (secondary N) is 2. The monoisotopic (exact) mass is 398 g/mol. The molecule has 2 N–H and O–H groups in total. The van der Waals surface area contributed by atoms with Gasteiger partial charge >= 0.3 is 0 Å². The van der Waals surface area contributed by atoms with E-state index >= 15 is 0 Å². The average Bonchev–Trinajstić information content (AvgIpc) is 3.27. The van der Waals surface area contributed by atoms with E-state index in [2.05, 4.69) is 21.6 Å². The van der Waals surface area contributed by atoms with E-state index in [-0.39, 0.29) is 17.2 Å². The molecule has 0 atom stereocenters. The van der Waals surface area contributed by atoms with Crippen molar-refractivity contribution >= 4 is 23.0 Å². The Morgan fingerprint density at radius 2 is 1.97 bits per heavy atom. The third-order valence-electron chi connectivity index (χ3n) is 4.96. The first-order valence-electron chi connectivity index (χ1n) is 9.72. The number of amides is 1. The molecule has 0 aromatic heterocycles. The van der Waals surface area contributed by atoms with Crippen LogP contribution in [0, 0.1) is 10.1 Å². The third kappa shape index (κ3) is 5.23. The number of nitro benzene ring substituents is 1. The minimum absolute atomic E-state index is 0.133. The van der Waals surface area contributed by atoms with Crippen LogP contribution in [-0.4, -0.2) is 44.2 Å². The van der Waals surface area contributed by atoms with Gasteiger partial charge in [0.2, 0.25) is 0 Å². The van der Waals surface area contributed by atoms with Crippen molar-refractivity contribution in [2.45, 2.75) is 19.4 Å². The molecule has 2 aromatic rings. The molecular weight excluding hydrogens is 372 g/mol. The van der Waals surface area contributed by atoms with Crippen LogP contribution in [0.25, 0.3) is 0 Å². The predicted molar refractivity (Wildman–Crippen MR) is 113 cm³/mol. The lowest BCUT2D eigenvalue weighted by Gasteiger charge is -2.21. The number of rotatable bonds is 9. The van der Waals surface area contributed by atoms with Crippen molar-refractivity contribution in [1.29, 1.82) is 0 Å². The Labute approximate surface area is 170 Å². The van der Waals surface area contributed by atoms with Crippen LogP contribution in [0.2, 0.25) is 0 Å². The lowest BCUT2D eigenvalue weighted by molar-refractivity contribution is -0.384. The van der Waals surface area contributed by atoms with Crippen molar-refractivity contribution in [3.05, 3.63) is 63.7 Å². The van der Waals surface area contributed by atoms with Gasteiger partial charge in [-0.15, -0.1) is 0 Å². The van der Waals surface area contributed by atoms with Crippen LogP contribution >= 0.6 is 0 Å². The van der Waals surface area contributed by atoms with Crippen LogP contribution < -0.4 is 15.5 Å². The Hall–Kier alpha value is -3.13. The molecule has 0 radical (unpaired) electrons. The van der Waals surface area contributed by atoms with Gasteiger partial charge in [-0.25, -0.2) is 0 Å². The van der Waals surface area contributed by atoms with E-state index in [1.807, 2.05) is 18.2 Å². The molecule has 0 spiro atoms. The second-order valence-corrected chi connectivity index (χ2v) is 6.91. The maximum atomic E-state index is 12.6. The molecule has 1 aliphatic heterocycles. The fourth-order valence-corrected chi connectivity index (χ4v) is 3.47. The number of benzene rings is 2. The zero-order chi connectivity index (χ0) is 20.6. The van der Waals surface area contributed by atoms with Crippen molar-refractivity contribution in [2.24, 2.45) is 0 Å². The molecule has 1 heterocycles. The predicted octanol–water partition coefficient (Wildman–Crippen LogP) is 3.18. The Morgan fingerprint density at radius 3 is 2.69 bits per heavy atom. The molecule has 154 valence electrons. The van der Waals surface area contributed by atoms with Crippen LogP contribution in [0.1, 0.15) is 28.8 Å². The number of anilines is 2. The van der Waals surface area contributed by atoms with E-state index in [1.54, 1.807) is 19.2 Å². The summed E-state index contributed by atoms with van der Waals surface area (Å²) in [6.45, 7) is 3.28. The van der Waals surface area contributed by atoms with Gasteiger partial charge in [0, 0.05) is 50.6 Å². The molecule has 0 saturated carbocycles. The normalized spacial score (nSPS) is 13.3.